The molecule has 0 aromatic heterocycles. The van der Waals surface area contributed by atoms with Crippen molar-refractivity contribution in [2.45, 2.75) is 48.8 Å². The van der Waals surface area contributed by atoms with Gasteiger partial charge in [-0.25, -0.2) is 4.79 Å². The fourth-order valence-corrected chi connectivity index (χ4v) is 4.30. The van der Waals surface area contributed by atoms with Crippen LogP contribution in [0.1, 0.15) is 49.4 Å². The molecule has 10 heteroatoms. The monoisotopic (exact) mass is 582 g/mol. The molecule has 0 fully saturated rings. The van der Waals surface area contributed by atoms with Gasteiger partial charge >= 0.3 is 11.9 Å². The molecule has 0 bridgehead atoms. The van der Waals surface area contributed by atoms with Crippen LogP contribution >= 0.6 is 23.4 Å². The van der Waals surface area contributed by atoms with E-state index in [0.29, 0.717) is 28.6 Å². The quantitative estimate of drug-likeness (QED) is 0.160. The molecule has 210 valence electrons. The molecular weight excluding hydrogens is 552 g/mol. The molecule has 0 aliphatic rings. The van der Waals surface area contributed by atoms with Gasteiger partial charge in [0.05, 0.1) is 12.2 Å². The average Bonchev–Trinajstić information content (AvgIpc) is 2.94. The molecule has 0 saturated carbocycles. The van der Waals surface area contributed by atoms with E-state index in [0.717, 1.165) is 22.6 Å². The number of unbranched alkanes of at least 4 members (excludes halogenated alkanes) is 1. The van der Waals surface area contributed by atoms with Crippen molar-refractivity contribution >= 4 is 58.5 Å². The number of hydrogen-bond donors (Lipinski definition) is 2. The number of carbonyl (C=O) groups is 4. The van der Waals surface area contributed by atoms with E-state index in [2.05, 4.69) is 10.6 Å². The molecule has 0 atom stereocenters. The largest absolute Gasteiger partial charge is 0.462 e. The summed E-state index contributed by atoms with van der Waals surface area (Å²) in [6, 6.07) is 21.2. The van der Waals surface area contributed by atoms with Gasteiger partial charge in [0.1, 0.15) is 0 Å². The van der Waals surface area contributed by atoms with Gasteiger partial charge in [0.15, 0.2) is 6.61 Å². The summed E-state index contributed by atoms with van der Waals surface area (Å²) in [6.45, 7) is 1.92. The summed E-state index contributed by atoms with van der Waals surface area (Å²) < 4.78 is 10.1. The Morgan fingerprint density at radius 1 is 0.725 bits per heavy atom. The summed E-state index contributed by atoms with van der Waals surface area (Å²) in [4.78, 5) is 50.3. The molecule has 8 nitrogen and oxygen atoms in total. The summed E-state index contributed by atoms with van der Waals surface area (Å²) in [5, 5.41) is 6.09. The Morgan fingerprint density at radius 3 is 1.93 bits per heavy atom. The van der Waals surface area contributed by atoms with E-state index in [-0.39, 0.29) is 25.2 Å². The normalized spacial score (nSPS) is 10.4. The predicted molar refractivity (Wildman–Crippen MR) is 156 cm³/mol. The Bertz CT molecular complexity index is 1280. The lowest BCUT2D eigenvalue weighted by molar-refractivity contribution is -0.147. The number of amides is 2. The van der Waals surface area contributed by atoms with E-state index in [4.69, 9.17) is 21.1 Å². The van der Waals surface area contributed by atoms with E-state index in [1.54, 1.807) is 36.0 Å². The second-order valence-electron chi connectivity index (χ2n) is 8.76. The molecule has 2 N–H and O–H groups in total. The zero-order chi connectivity index (χ0) is 28.7. The number of esters is 2. The van der Waals surface area contributed by atoms with Crippen LogP contribution in [-0.2, 0) is 23.9 Å². The number of rotatable bonds is 14. The lowest BCUT2D eigenvalue weighted by Gasteiger charge is -2.08. The highest BCUT2D eigenvalue weighted by atomic mass is 35.5. The minimum absolute atomic E-state index is 0.00616. The molecular formula is C30H31ClN2O6S. The number of nitrogens with one attached hydrogen (secondary N) is 2. The second kappa shape index (κ2) is 16.3. The maximum Gasteiger partial charge on any atom is 0.338 e. The Labute approximate surface area is 242 Å². The van der Waals surface area contributed by atoms with Crippen molar-refractivity contribution in [1.82, 2.24) is 0 Å². The van der Waals surface area contributed by atoms with Crippen molar-refractivity contribution in [1.29, 1.82) is 0 Å². The molecule has 0 aliphatic heterocycles. The lowest BCUT2D eigenvalue weighted by atomic mass is 10.2. The topological polar surface area (TPSA) is 111 Å². The van der Waals surface area contributed by atoms with Crippen molar-refractivity contribution in [3.8, 4) is 0 Å². The molecule has 3 aromatic rings. The number of halogens is 1. The van der Waals surface area contributed by atoms with E-state index in [1.165, 1.54) is 0 Å². The highest BCUT2D eigenvalue weighted by Crippen LogP contribution is 2.29. The van der Waals surface area contributed by atoms with Crippen LogP contribution in [0.4, 0.5) is 11.4 Å². The SMILES string of the molecule is CCCCOC(=O)c1ccc(NC(=O)COC(=O)CCCC(=O)Nc2ccc(Sc3ccc(Cl)cc3)cc2)cc1. The first kappa shape index (κ1) is 30.7. The first-order valence-electron chi connectivity index (χ1n) is 12.9. The lowest BCUT2D eigenvalue weighted by Crippen LogP contribution is -2.21. The smallest absolute Gasteiger partial charge is 0.338 e. The molecule has 3 rings (SSSR count). The Hall–Kier alpha value is -3.82. The van der Waals surface area contributed by atoms with E-state index in [9.17, 15) is 19.2 Å². The number of carbonyl (C=O) groups excluding carboxylic acids is 4. The third-order valence-electron chi connectivity index (χ3n) is 5.47. The van der Waals surface area contributed by atoms with Gasteiger partial charge < -0.3 is 20.1 Å². The van der Waals surface area contributed by atoms with Crippen LogP contribution in [0.2, 0.25) is 5.02 Å². The molecule has 3 aromatic carbocycles. The van der Waals surface area contributed by atoms with Gasteiger partial charge in [0.25, 0.3) is 5.91 Å². The molecule has 0 radical (unpaired) electrons. The fourth-order valence-electron chi connectivity index (χ4n) is 3.36. The number of anilines is 2. The van der Waals surface area contributed by atoms with E-state index < -0.39 is 24.5 Å². The van der Waals surface area contributed by atoms with Crippen molar-refractivity contribution in [2.24, 2.45) is 0 Å². The van der Waals surface area contributed by atoms with Crippen molar-refractivity contribution in [2.75, 3.05) is 23.8 Å². The Kier molecular flexibility index (Phi) is 12.5. The highest BCUT2D eigenvalue weighted by Gasteiger charge is 2.11. The molecule has 2 amide bonds. The van der Waals surface area contributed by atoms with Gasteiger partial charge in [-0.2, -0.15) is 0 Å². The minimum Gasteiger partial charge on any atom is -0.462 e. The summed E-state index contributed by atoms with van der Waals surface area (Å²) >= 11 is 7.50. The van der Waals surface area contributed by atoms with Crippen LogP contribution in [0.15, 0.2) is 82.6 Å². The number of benzene rings is 3. The molecule has 0 unspecified atom stereocenters. The van der Waals surface area contributed by atoms with Crippen LogP contribution < -0.4 is 10.6 Å². The van der Waals surface area contributed by atoms with E-state index in [1.807, 2.05) is 55.5 Å². The first-order chi connectivity index (χ1) is 19.3. The van der Waals surface area contributed by atoms with Crippen LogP contribution in [0.3, 0.4) is 0 Å². The molecule has 0 aliphatic carbocycles. The van der Waals surface area contributed by atoms with Crippen molar-refractivity contribution in [3.63, 3.8) is 0 Å². The maximum absolute atomic E-state index is 12.2. The maximum atomic E-state index is 12.2. The summed E-state index contributed by atoms with van der Waals surface area (Å²) in [7, 11) is 0. The average molecular weight is 583 g/mol. The summed E-state index contributed by atoms with van der Waals surface area (Å²) in [6.07, 6.45) is 2.15. The van der Waals surface area contributed by atoms with Crippen LogP contribution in [0.25, 0.3) is 0 Å². The summed E-state index contributed by atoms with van der Waals surface area (Å²) in [5.41, 5.74) is 1.50. The number of ether oxygens (including phenoxy) is 2. The van der Waals surface area contributed by atoms with Crippen LogP contribution in [-0.4, -0.2) is 37.0 Å². The van der Waals surface area contributed by atoms with Crippen LogP contribution in [0, 0.1) is 0 Å². The van der Waals surface area contributed by atoms with Crippen molar-refractivity contribution in [3.05, 3.63) is 83.4 Å². The third-order valence-corrected chi connectivity index (χ3v) is 6.74. The molecule has 40 heavy (non-hydrogen) atoms. The summed E-state index contributed by atoms with van der Waals surface area (Å²) in [5.74, 6) is -1.73. The third kappa shape index (κ3) is 11.1. The zero-order valence-corrected chi connectivity index (χ0v) is 23.7. The molecule has 0 saturated heterocycles. The Balaban J connectivity index is 1.30. The second-order valence-corrected chi connectivity index (χ2v) is 10.3. The molecule has 0 spiro atoms. The highest BCUT2D eigenvalue weighted by molar-refractivity contribution is 7.99. The minimum atomic E-state index is -0.573. The fraction of sp³-hybridized carbons (Fsp3) is 0.267. The van der Waals surface area contributed by atoms with Gasteiger partial charge in [0, 0.05) is 39.0 Å². The van der Waals surface area contributed by atoms with Gasteiger partial charge in [0.2, 0.25) is 5.91 Å². The van der Waals surface area contributed by atoms with Gasteiger partial charge in [-0.05, 0) is 85.6 Å². The molecule has 0 heterocycles. The number of hydrogen-bond acceptors (Lipinski definition) is 7. The van der Waals surface area contributed by atoms with Gasteiger partial charge in [-0.1, -0.05) is 36.7 Å². The van der Waals surface area contributed by atoms with Crippen LogP contribution in [0.5, 0.6) is 0 Å². The standard InChI is InChI=1S/C30H31ClN2O6S/c1-2-3-19-38-30(37)21-7-11-23(12-8-21)33-28(35)20-39-29(36)6-4-5-27(34)32-24-13-17-26(18-14-24)40-25-15-9-22(31)10-16-25/h7-18H,2-6,19-20H2,1H3,(H,32,34)(H,33,35). The first-order valence-corrected chi connectivity index (χ1v) is 14.1. The zero-order valence-electron chi connectivity index (χ0n) is 22.1. The van der Waals surface area contributed by atoms with Gasteiger partial charge in [-0.3, -0.25) is 14.4 Å². The van der Waals surface area contributed by atoms with E-state index >= 15 is 0 Å². The predicted octanol–water partition coefficient (Wildman–Crippen LogP) is 6.74. The Morgan fingerprint density at radius 2 is 1.30 bits per heavy atom. The van der Waals surface area contributed by atoms with Crippen molar-refractivity contribution < 1.29 is 28.7 Å². The van der Waals surface area contributed by atoms with Gasteiger partial charge in [-0.15, -0.1) is 0 Å².